The fourth-order valence-electron chi connectivity index (χ4n) is 2.10. The summed E-state index contributed by atoms with van der Waals surface area (Å²) in [6, 6.07) is 10.7. The molecule has 0 spiro atoms. The normalized spacial score (nSPS) is 10.9. The maximum Gasteiger partial charge on any atom is 0.0361 e. The lowest BCUT2D eigenvalue weighted by Crippen LogP contribution is -1.89. The van der Waals surface area contributed by atoms with Crippen LogP contribution < -0.4 is 0 Å². The van der Waals surface area contributed by atoms with Gasteiger partial charge in [-0.1, -0.05) is 29.8 Å². The van der Waals surface area contributed by atoms with Gasteiger partial charge in [0, 0.05) is 41.5 Å². The van der Waals surface area contributed by atoms with E-state index >= 15 is 0 Å². The molecular weight excluding hydrogens is 208 g/mol. The molecule has 0 aliphatic heterocycles. The Morgan fingerprint density at radius 3 is 2.76 bits per heavy atom. The fourth-order valence-corrected chi connectivity index (χ4v) is 2.10. The molecule has 3 rings (SSSR count). The second-order valence-corrected chi connectivity index (χ2v) is 4.39. The Morgan fingerprint density at radius 1 is 1.12 bits per heavy atom. The highest BCUT2D eigenvalue weighted by atomic mass is 14.7. The van der Waals surface area contributed by atoms with Crippen LogP contribution in [0.2, 0.25) is 0 Å². The molecule has 1 N–H and O–H groups in total. The maximum atomic E-state index is 4.12. The number of aromatic amines is 1. The van der Waals surface area contributed by atoms with Crippen molar-refractivity contribution in [3.8, 4) is 0 Å². The van der Waals surface area contributed by atoms with E-state index in [0.29, 0.717) is 0 Å². The molecule has 0 fully saturated rings. The van der Waals surface area contributed by atoms with Gasteiger partial charge >= 0.3 is 0 Å². The summed E-state index contributed by atoms with van der Waals surface area (Å²) in [6.07, 6.45) is 6.69. The lowest BCUT2D eigenvalue weighted by Gasteiger charge is -2.01. The highest BCUT2D eigenvalue weighted by Gasteiger charge is 2.03. The van der Waals surface area contributed by atoms with Crippen molar-refractivity contribution in [3.63, 3.8) is 0 Å². The minimum absolute atomic E-state index is 0.938. The number of nitrogens with zero attached hydrogens (tertiary/aromatic N) is 1. The number of rotatable bonds is 2. The van der Waals surface area contributed by atoms with Gasteiger partial charge in [-0.3, -0.25) is 4.98 Å². The van der Waals surface area contributed by atoms with Crippen LogP contribution in [0.3, 0.4) is 0 Å². The highest BCUT2D eigenvalue weighted by molar-refractivity contribution is 5.84. The predicted octanol–water partition coefficient (Wildman–Crippen LogP) is 3.46. The van der Waals surface area contributed by atoms with Crippen LogP contribution >= 0.6 is 0 Å². The van der Waals surface area contributed by atoms with Crippen molar-refractivity contribution < 1.29 is 0 Å². The molecule has 0 saturated carbocycles. The monoisotopic (exact) mass is 222 g/mol. The number of nitrogens with one attached hydrogen (secondary N) is 1. The molecule has 0 atom stereocenters. The van der Waals surface area contributed by atoms with Gasteiger partial charge in [0.2, 0.25) is 0 Å². The summed E-state index contributed by atoms with van der Waals surface area (Å²) in [7, 11) is 0. The largest absolute Gasteiger partial charge is 0.364 e. The second-order valence-electron chi connectivity index (χ2n) is 4.39. The molecule has 3 aromatic rings. The Morgan fingerprint density at radius 2 is 1.94 bits per heavy atom. The zero-order chi connectivity index (χ0) is 11.7. The Balaban J connectivity index is 1.97. The van der Waals surface area contributed by atoms with Crippen molar-refractivity contribution in [1.29, 1.82) is 0 Å². The number of fused-ring (bicyclic) bond motifs is 1. The van der Waals surface area contributed by atoms with Crippen molar-refractivity contribution >= 4 is 10.8 Å². The van der Waals surface area contributed by atoms with E-state index in [0.717, 1.165) is 6.42 Å². The minimum Gasteiger partial charge on any atom is -0.364 e. The first-order valence-corrected chi connectivity index (χ1v) is 5.78. The molecule has 0 saturated heterocycles. The molecule has 17 heavy (non-hydrogen) atoms. The summed E-state index contributed by atoms with van der Waals surface area (Å²) in [5.74, 6) is 0. The first kappa shape index (κ1) is 10.1. The number of hydrogen-bond donors (Lipinski definition) is 1. The molecule has 84 valence electrons. The van der Waals surface area contributed by atoms with Gasteiger partial charge in [0.1, 0.15) is 0 Å². The van der Waals surface area contributed by atoms with E-state index < -0.39 is 0 Å². The van der Waals surface area contributed by atoms with Crippen LogP contribution in [-0.2, 0) is 6.42 Å². The minimum atomic E-state index is 0.938. The van der Waals surface area contributed by atoms with E-state index in [4.69, 9.17) is 0 Å². The first-order valence-electron chi connectivity index (χ1n) is 5.78. The zero-order valence-electron chi connectivity index (χ0n) is 9.77. The fraction of sp³-hybridized carbons (Fsp3) is 0.133. The summed E-state index contributed by atoms with van der Waals surface area (Å²) in [5.41, 5.74) is 3.89. The van der Waals surface area contributed by atoms with Crippen molar-refractivity contribution in [2.24, 2.45) is 0 Å². The number of hydrogen-bond acceptors (Lipinski definition) is 1. The number of benzene rings is 1. The number of aromatic nitrogens is 2. The quantitative estimate of drug-likeness (QED) is 0.706. The van der Waals surface area contributed by atoms with Gasteiger partial charge in [-0.25, -0.2) is 0 Å². The average Bonchev–Trinajstić information content (AvgIpc) is 2.76. The third kappa shape index (κ3) is 1.94. The van der Waals surface area contributed by atoms with Crippen molar-refractivity contribution in [2.45, 2.75) is 13.3 Å². The summed E-state index contributed by atoms with van der Waals surface area (Å²) in [6.45, 7) is 2.11. The zero-order valence-corrected chi connectivity index (χ0v) is 9.77. The third-order valence-electron chi connectivity index (χ3n) is 3.08. The molecule has 0 aliphatic carbocycles. The molecule has 0 radical (unpaired) electrons. The molecule has 0 aliphatic rings. The topological polar surface area (TPSA) is 28.7 Å². The summed E-state index contributed by atoms with van der Waals surface area (Å²) in [5, 5.41) is 2.44. The van der Waals surface area contributed by atoms with Crippen LogP contribution in [0.25, 0.3) is 10.8 Å². The summed E-state index contributed by atoms with van der Waals surface area (Å²) < 4.78 is 0. The number of H-pyrrole nitrogens is 1. The Hall–Kier alpha value is -2.09. The smallest absolute Gasteiger partial charge is 0.0361 e. The Labute approximate surface area is 100 Å². The first-order chi connectivity index (χ1) is 8.33. The molecule has 1 aromatic carbocycles. The SMILES string of the molecule is Cc1ccc(Cc2[nH]cc3cnccc23)cc1. The highest BCUT2D eigenvalue weighted by Crippen LogP contribution is 2.19. The lowest BCUT2D eigenvalue weighted by molar-refractivity contribution is 1.12. The molecule has 0 amide bonds. The summed E-state index contributed by atoms with van der Waals surface area (Å²) in [4.78, 5) is 7.46. The molecule has 2 heterocycles. The Bertz CT molecular complexity index is 635. The van der Waals surface area contributed by atoms with Crippen molar-refractivity contribution in [1.82, 2.24) is 9.97 Å². The Kier molecular flexibility index (Phi) is 2.41. The summed E-state index contributed by atoms with van der Waals surface area (Å²) >= 11 is 0. The number of aryl methyl sites for hydroxylation is 1. The van der Waals surface area contributed by atoms with E-state index in [1.807, 2.05) is 18.6 Å². The van der Waals surface area contributed by atoms with Crippen LogP contribution in [-0.4, -0.2) is 9.97 Å². The third-order valence-corrected chi connectivity index (χ3v) is 3.08. The van der Waals surface area contributed by atoms with Gasteiger partial charge in [0.25, 0.3) is 0 Å². The van der Waals surface area contributed by atoms with Crippen LogP contribution in [0.5, 0.6) is 0 Å². The van der Waals surface area contributed by atoms with Crippen LogP contribution in [0.4, 0.5) is 0 Å². The van der Waals surface area contributed by atoms with Gasteiger partial charge in [0.05, 0.1) is 0 Å². The van der Waals surface area contributed by atoms with Gasteiger partial charge in [-0.15, -0.1) is 0 Å². The van der Waals surface area contributed by atoms with Crippen LogP contribution in [0.15, 0.2) is 48.9 Å². The van der Waals surface area contributed by atoms with Crippen LogP contribution in [0.1, 0.15) is 16.8 Å². The van der Waals surface area contributed by atoms with Crippen molar-refractivity contribution in [3.05, 3.63) is 65.7 Å². The molecule has 2 heteroatoms. The maximum absolute atomic E-state index is 4.12. The standard InChI is InChI=1S/C15H14N2/c1-11-2-4-12(5-3-11)8-15-14-6-7-16-9-13(14)10-17-15/h2-7,9-10,17H,8H2,1H3. The predicted molar refractivity (Wildman–Crippen MR) is 70.1 cm³/mol. The van der Waals surface area contributed by atoms with E-state index in [1.165, 1.54) is 27.6 Å². The van der Waals surface area contributed by atoms with Gasteiger partial charge < -0.3 is 4.98 Å². The molecule has 0 unspecified atom stereocenters. The van der Waals surface area contributed by atoms with E-state index in [1.54, 1.807) is 0 Å². The van der Waals surface area contributed by atoms with E-state index in [2.05, 4.69) is 47.2 Å². The second kappa shape index (κ2) is 4.06. The van der Waals surface area contributed by atoms with Gasteiger partial charge in [-0.05, 0) is 18.6 Å². The van der Waals surface area contributed by atoms with Crippen LogP contribution in [0, 0.1) is 6.92 Å². The number of pyridine rings is 1. The van der Waals surface area contributed by atoms with E-state index in [-0.39, 0.29) is 0 Å². The molecule has 2 aromatic heterocycles. The van der Waals surface area contributed by atoms with Gasteiger partial charge in [0.15, 0.2) is 0 Å². The van der Waals surface area contributed by atoms with Gasteiger partial charge in [-0.2, -0.15) is 0 Å². The lowest BCUT2D eigenvalue weighted by atomic mass is 10.1. The van der Waals surface area contributed by atoms with E-state index in [9.17, 15) is 0 Å². The molecule has 0 bridgehead atoms. The van der Waals surface area contributed by atoms with Crippen molar-refractivity contribution in [2.75, 3.05) is 0 Å². The average molecular weight is 222 g/mol. The molecule has 2 nitrogen and oxygen atoms in total. The molecular formula is C15H14N2.